The van der Waals surface area contributed by atoms with E-state index in [1.807, 2.05) is 24.3 Å². The third-order valence-corrected chi connectivity index (χ3v) is 3.08. The second-order valence-corrected chi connectivity index (χ2v) is 4.84. The minimum absolute atomic E-state index is 0.418. The summed E-state index contributed by atoms with van der Waals surface area (Å²) in [7, 11) is 3.26. The summed E-state index contributed by atoms with van der Waals surface area (Å²) in [6.45, 7) is 0.864. The zero-order chi connectivity index (χ0) is 15.9. The summed E-state index contributed by atoms with van der Waals surface area (Å²) in [5, 5.41) is 8.60. The third-order valence-electron chi connectivity index (χ3n) is 3.08. The lowest BCUT2D eigenvalue weighted by atomic mass is 10.1. The van der Waals surface area contributed by atoms with Gasteiger partial charge >= 0.3 is 0 Å². The number of azo groups is 1. The molecule has 0 aliphatic rings. The van der Waals surface area contributed by atoms with Gasteiger partial charge in [0.15, 0.2) is 0 Å². The van der Waals surface area contributed by atoms with E-state index >= 15 is 0 Å². The lowest BCUT2D eigenvalue weighted by molar-refractivity contribution is 0.185. The van der Waals surface area contributed by atoms with Crippen LogP contribution in [0.5, 0.6) is 0 Å². The fourth-order valence-electron chi connectivity index (χ4n) is 2.03. The van der Waals surface area contributed by atoms with Crippen LogP contribution in [0.1, 0.15) is 11.1 Å². The molecule has 6 nitrogen and oxygen atoms in total. The Kier molecular flexibility index (Phi) is 5.46. The average Bonchev–Trinajstić information content (AvgIpc) is 2.49. The summed E-state index contributed by atoms with van der Waals surface area (Å²) in [6, 6.07) is 10.9. The van der Waals surface area contributed by atoms with Crippen molar-refractivity contribution < 1.29 is 9.47 Å². The third kappa shape index (κ3) is 4.03. The van der Waals surface area contributed by atoms with Gasteiger partial charge in [-0.15, -0.1) is 0 Å². The number of rotatable bonds is 6. The fourth-order valence-corrected chi connectivity index (χ4v) is 2.03. The van der Waals surface area contributed by atoms with Crippen LogP contribution in [-0.4, -0.2) is 14.2 Å². The molecule has 116 valence electrons. The average molecular weight is 300 g/mol. The maximum Gasteiger partial charge on any atom is 0.0932 e. The van der Waals surface area contributed by atoms with Gasteiger partial charge in [-0.05, 0) is 30.3 Å². The Labute approximate surface area is 129 Å². The highest BCUT2D eigenvalue weighted by Gasteiger charge is 2.05. The van der Waals surface area contributed by atoms with Crippen molar-refractivity contribution in [2.45, 2.75) is 13.2 Å². The number of ether oxygens (including phenoxy) is 2. The molecular formula is C16H20N4O2. The van der Waals surface area contributed by atoms with Crippen molar-refractivity contribution in [2.75, 3.05) is 25.7 Å². The molecule has 0 aromatic heterocycles. The normalized spacial score (nSPS) is 11.2. The van der Waals surface area contributed by atoms with E-state index in [-0.39, 0.29) is 0 Å². The fraction of sp³-hybridized carbons (Fsp3) is 0.250. The highest BCUT2D eigenvalue weighted by molar-refractivity contribution is 5.57. The predicted molar refractivity (Wildman–Crippen MR) is 87.3 cm³/mol. The molecule has 0 fully saturated rings. The molecule has 0 spiro atoms. The van der Waals surface area contributed by atoms with E-state index in [9.17, 15) is 0 Å². The lowest BCUT2D eigenvalue weighted by Gasteiger charge is -2.07. The molecule has 2 rings (SSSR count). The monoisotopic (exact) mass is 300 g/mol. The first-order chi connectivity index (χ1) is 10.6. The van der Waals surface area contributed by atoms with Gasteiger partial charge in [0, 0.05) is 36.7 Å². The number of methoxy groups -OCH3 is 2. The van der Waals surface area contributed by atoms with E-state index in [4.69, 9.17) is 20.9 Å². The Morgan fingerprint density at radius 2 is 1.36 bits per heavy atom. The van der Waals surface area contributed by atoms with Crippen LogP contribution in [-0.2, 0) is 22.7 Å². The van der Waals surface area contributed by atoms with E-state index in [1.165, 1.54) is 0 Å². The molecule has 2 aromatic rings. The molecule has 0 atom stereocenters. The molecule has 4 N–H and O–H groups in total. The van der Waals surface area contributed by atoms with Crippen LogP contribution in [0, 0.1) is 0 Å². The summed E-state index contributed by atoms with van der Waals surface area (Å²) >= 11 is 0. The van der Waals surface area contributed by atoms with E-state index in [0.717, 1.165) is 11.1 Å². The maximum absolute atomic E-state index is 5.81. The molecule has 0 aliphatic carbocycles. The molecule has 0 amide bonds. The predicted octanol–water partition coefficient (Wildman–Crippen LogP) is 3.56. The van der Waals surface area contributed by atoms with Gasteiger partial charge in [0.1, 0.15) is 0 Å². The first kappa shape index (κ1) is 15.9. The van der Waals surface area contributed by atoms with Gasteiger partial charge in [0.05, 0.1) is 24.6 Å². The standard InChI is InChI=1S/C16H20N4O2/c1-21-9-11-3-4-14(18)8-16(11)20-19-15-6-5-13(17)7-12(15)10-22-2/h3-8H,9-10,17-18H2,1-2H3/b20-19+. The van der Waals surface area contributed by atoms with Crippen LogP contribution in [0.2, 0.25) is 0 Å². The van der Waals surface area contributed by atoms with Crippen molar-refractivity contribution in [3.8, 4) is 0 Å². The minimum Gasteiger partial charge on any atom is -0.399 e. The van der Waals surface area contributed by atoms with Crippen LogP contribution in [0.4, 0.5) is 22.7 Å². The number of hydrogen-bond donors (Lipinski definition) is 2. The number of hydrogen-bond acceptors (Lipinski definition) is 6. The number of nitrogens with zero attached hydrogens (tertiary/aromatic N) is 2. The van der Waals surface area contributed by atoms with Crippen LogP contribution >= 0.6 is 0 Å². The first-order valence-corrected chi connectivity index (χ1v) is 6.80. The van der Waals surface area contributed by atoms with E-state index < -0.39 is 0 Å². The molecular weight excluding hydrogens is 280 g/mol. The number of anilines is 2. The second kappa shape index (κ2) is 7.53. The Morgan fingerprint density at radius 3 is 2.09 bits per heavy atom. The van der Waals surface area contributed by atoms with E-state index in [1.54, 1.807) is 26.4 Å². The van der Waals surface area contributed by atoms with Gasteiger partial charge in [-0.2, -0.15) is 10.2 Å². The maximum atomic E-state index is 5.81. The second-order valence-electron chi connectivity index (χ2n) is 4.84. The minimum atomic E-state index is 0.418. The van der Waals surface area contributed by atoms with Gasteiger partial charge in [0.25, 0.3) is 0 Å². The van der Waals surface area contributed by atoms with Crippen LogP contribution in [0.25, 0.3) is 0 Å². The lowest BCUT2D eigenvalue weighted by Crippen LogP contribution is -1.92. The molecule has 0 heterocycles. The quantitative estimate of drug-likeness (QED) is 0.630. The zero-order valence-corrected chi connectivity index (χ0v) is 12.7. The van der Waals surface area contributed by atoms with Crippen LogP contribution in [0.3, 0.4) is 0 Å². The van der Waals surface area contributed by atoms with Crippen molar-refractivity contribution in [3.05, 3.63) is 47.5 Å². The van der Waals surface area contributed by atoms with Gasteiger partial charge in [-0.1, -0.05) is 6.07 Å². The van der Waals surface area contributed by atoms with E-state index in [0.29, 0.717) is 36.0 Å². The highest BCUT2D eigenvalue weighted by atomic mass is 16.5. The number of nitrogen functional groups attached to an aromatic ring is 2. The molecule has 0 saturated carbocycles. The Hall–Kier alpha value is -2.44. The molecule has 2 aromatic carbocycles. The largest absolute Gasteiger partial charge is 0.399 e. The van der Waals surface area contributed by atoms with Gasteiger partial charge in [-0.3, -0.25) is 0 Å². The summed E-state index contributed by atoms with van der Waals surface area (Å²) in [6.07, 6.45) is 0. The molecule has 0 aliphatic heterocycles. The van der Waals surface area contributed by atoms with Gasteiger partial charge < -0.3 is 20.9 Å². The molecule has 0 saturated heterocycles. The Morgan fingerprint density at radius 1 is 0.773 bits per heavy atom. The smallest absolute Gasteiger partial charge is 0.0932 e. The summed E-state index contributed by atoms with van der Waals surface area (Å²) < 4.78 is 10.3. The van der Waals surface area contributed by atoms with Gasteiger partial charge in [0.2, 0.25) is 0 Å². The topological polar surface area (TPSA) is 95.2 Å². The van der Waals surface area contributed by atoms with Crippen molar-refractivity contribution >= 4 is 22.7 Å². The molecule has 22 heavy (non-hydrogen) atoms. The van der Waals surface area contributed by atoms with Crippen LogP contribution < -0.4 is 11.5 Å². The van der Waals surface area contributed by atoms with Crippen LogP contribution in [0.15, 0.2) is 46.6 Å². The molecule has 0 radical (unpaired) electrons. The molecule has 6 heteroatoms. The number of nitrogens with two attached hydrogens (primary N) is 2. The van der Waals surface area contributed by atoms with Crippen molar-refractivity contribution in [1.29, 1.82) is 0 Å². The summed E-state index contributed by atoms with van der Waals surface area (Å²) in [5.74, 6) is 0. The highest BCUT2D eigenvalue weighted by Crippen LogP contribution is 2.28. The number of benzene rings is 2. The van der Waals surface area contributed by atoms with Crippen molar-refractivity contribution in [2.24, 2.45) is 10.2 Å². The molecule has 0 unspecified atom stereocenters. The summed E-state index contributed by atoms with van der Waals surface area (Å²) in [4.78, 5) is 0. The summed E-state index contributed by atoms with van der Waals surface area (Å²) in [5.41, 5.74) is 16.1. The Balaban J connectivity index is 2.34. The van der Waals surface area contributed by atoms with Crippen molar-refractivity contribution in [1.82, 2.24) is 0 Å². The molecule has 0 bridgehead atoms. The first-order valence-electron chi connectivity index (χ1n) is 6.80. The van der Waals surface area contributed by atoms with E-state index in [2.05, 4.69) is 10.2 Å². The van der Waals surface area contributed by atoms with Crippen molar-refractivity contribution in [3.63, 3.8) is 0 Å². The zero-order valence-electron chi connectivity index (χ0n) is 12.7. The SMILES string of the molecule is COCc1cc(N)ccc1/N=N/c1cc(N)ccc1COC. The van der Waals surface area contributed by atoms with Gasteiger partial charge in [-0.25, -0.2) is 0 Å². The Bertz CT molecular complexity index is 671.